The van der Waals surface area contributed by atoms with Crippen LogP contribution in [0.2, 0.25) is 0 Å². The molecule has 1 aliphatic rings. The molecule has 1 amide bonds. The maximum atomic E-state index is 11.3. The van der Waals surface area contributed by atoms with Gasteiger partial charge in [-0.3, -0.25) is 9.78 Å². The lowest BCUT2D eigenvalue weighted by molar-refractivity contribution is 0.0983. The first-order valence-corrected chi connectivity index (χ1v) is 5.23. The molecule has 0 aliphatic carbocycles. The van der Waals surface area contributed by atoms with Gasteiger partial charge in [0, 0.05) is 24.8 Å². The molecule has 5 nitrogen and oxygen atoms in total. The fourth-order valence-electron chi connectivity index (χ4n) is 1.71. The molecule has 16 heavy (non-hydrogen) atoms. The van der Waals surface area contributed by atoms with Crippen molar-refractivity contribution in [3.63, 3.8) is 0 Å². The van der Waals surface area contributed by atoms with Gasteiger partial charge in [-0.1, -0.05) is 0 Å². The number of aryl methyl sites for hydroxylation is 2. The Morgan fingerprint density at radius 3 is 2.75 bits per heavy atom. The Balaban J connectivity index is 2.35. The molecule has 0 radical (unpaired) electrons. The van der Waals surface area contributed by atoms with E-state index in [1.54, 1.807) is 13.0 Å². The van der Waals surface area contributed by atoms with E-state index in [9.17, 15) is 4.79 Å². The third-order valence-electron chi connectivity index (χ3n) is 2.58. The van der Waals surface area contributed by atoms with Crippen molar-refractivity contribution in [2.75, 3.05) is 13.1 Å². The Morgan fingerprint density at radius 2 is 2.25 bits per heavy atom. The Labute approximate surface area is 94.0 Å². The standard InChI is InChI=1S/C11H15N3O2/c1-6-3-9(16-8-4-13-5-8)10(11(12)15)7(2)14-6/h3,8,13H,4-5H2,1-2H3,(H2,12,15). The Morgan fingerprint density at radius 1 is 1.56 bits per heavy atom. The van der Waals surface area contributed by atoms with E-state index in [-0.39, 0.29) is 6.10 Å². The summed E-state index contributed by atoms with van der Waals surface area (Å²) in [6.45, 7) is 5.24. The van der Waals surface area contributed by atoms with Gasteiger partial charge in [0.25, 0.3) is 5.91 Å². The molecular formula is C11H15N3O2. The number of nitrogens with two attached hydrogens (primary N) is 1. The monoisotopic (exact) mass is 221 g/mol. The second kappa shape index (κ2) is 4.09. The highest BCUT2D eigenvalue weighted by Gasteiger charge is 2.22. The van der Waals surface area contributed by atoms with E-state index in [1.807, 2.05) is 6.92 Å². The molecule has 1 fully saturated rings. The molecule has 2 heterocycles. The second-order valence-corrected chi connectivity index (χ2v) is 3.98. The number of nitrogens with zero attached hydrogens (tertiary/aromatic N) is 1. The predicted molar refractivity (Wildman–Crippen MR) is 59.5 cm³/mol. The fraction of sp³-hybridized carbons (Fsp3) is 0.455. The summed E-state index contributed by atoms with van der Waals surface area (Å²) < 4.78 is 5.70. The van der Waals surface area contributed by atoms with Crippen molar-refractivity contribution in [2.24, 2.45) is 5.73 Å². The average molecular weight is 221 g/mol. The molecular weight excluding hydrogens is 206 g/mol. The molecule has 0 unspecified atom stereocenters. The Kier molecular flexibility index (Phi) is 2.78. The topological polar surface area (TPSA) is 77.2 Å². The number of hydrogen-bond acceptors (Lipinski definition) is 4. The largest absolute Gasteiger partial charge is 0.487 e. The number of amides is 1. The minimum absolute atomic E-state index is 0.124. The minimum Gasteiger partial charge on any atom is -0.487 e. The zero-order chi connectivity index (χ0) is 11.7. The van der Waals surface area contributed by atoms with Crippen molar-refractivity contribution < 1.29 is 9.53 Å². The molecule has 1 aromatic rings. The van der Waals surface area contributed by atoms with Crippen LogP contribution >= 0.6 is 0 Å². The fourth-order valence-corrected chi connectivity index (χ4v) is 1.71. The number of carbonyl (C=O) groups is 1. The van der Waals surface area contributed by atoms with Crippen LogP contribution < -0.4 is 15.8 Å². The first kappa shape index (κ1) is 10.9. The van der Waals surface area contributed by atoms with Gasteiger partial charge in [0.15, 0.2) is 0 Å². The lowest BCUT2D eigenvalue weighted by atomic mass is 10.1. The number of ether oxygens (including phenoxy) is 1. The first-order chi connectivity index (χ1) is 7.58. The minimum atomic E-state index is -0.493. The van der Waals surface area contributed by atoms with E-state index in [0.29, 0.717) is 17.0 Å². The van der Waals surface area contributed by atoms with Crippen molar-refractivity contribution in [3.8, 4) is 5.75 Å². The summed E-state index contributed by atoms with van der Waals surface area (Å²) in [5.74, 6) is 0.0521. The number of aromatic nitrogens is 1. The van der Waals surface area contributed by atoms with Gasteiger partial charge in [0.2, 0.25) is 0 Å². The van der Waals surface area contributed by atoms with E-state index in [4.69, 9.17) is 10.5 Å². The number of carbonyl (C=O) groups excluding carboxylic acids is 1. The molecule has 0 spiro atoms. The quantitative estimate of drug-likeness (QED) is 0.761. The Hall–Kier alpha value is -1.62. The van der Waals surface area contributed by atoms with E-state index >= 15 is 0 Å². The lowest BCUT2D eigenvalue weighted by Gasteiger charge is -2.28. The van der Waals surface area contributed by atoms with Crippen molar-refractivity contribution in [1.82, 2.24) is 10.3 Å². The maximum Gasteiger partial charge on any atom is 0.254 e. The Bertz CT molecular complexity index is 427. The summed E-state index contributed by atoms with van der Waals surface area (Å²) in [6.07, 6.45) is 0.124. The van der Waals surface area contributed by atoms with E-state index < -0.39 is 5.91 Å². The van der Waals surface area contributed by atoms with Crippen LogP contribution in [0.5, 0.6) is 5.75 Å². The third-order valence-corrected chi connectivity index (χ3v) is 2.58. The van der Waals surface area contributed by atoms with Gasteiger partial charge in [0.1, 0.15) is 17.4 Å². The molecule has 0 bridgehead atoms. The summed E-state index contributed by atoms with van der Waals surface area (Å²) in [4.78, 5) is 15.5. The van der Waals surface area contributed by atoms with E-state index in [2.05, 4.69) is 10.3 Å². The third kappa shape index (κ3) is 1.99. The zero-order valence-electron chi connectivity index (χ0n) is 9.41. The summed E-state index contributed by atoms with van der Waals surface area (Å²) in [6, 6.07) is 1.76. The van der Waals surface area contributed by atoms with Gasteiger partial charge in [-0.15, -0.1) is 0 Å². The van der Waals surface area contributed by atoms with Crippen LogP contribution in [0.1, 0.15) is 21.7 Å². The highest BCUT2D eigenvalue weighted by atomic mass is 16.5. The van der Waals surface area contributed by atoms with Gasteiger partial charge in [0.05, 0.1) is 5.69 Å². The maximum absolute atomic E-state index is 11.3. The summed E-state index contributed by atoms with van der Waals surface area (Å²) in [7, 11) is 0. The van der Waals surface area contributed by atoms with Gasteiger partial charge in [-0.2, -0.15) is 0 Å². The molecule has 0 saturated carbocycles. The lowest BCUT2D eigenvalue weighted by Crippen LogP contribution is -2.50. The first-order valence-electron chi connectivity index (χ1n) is 5.23. The molecule has 3 N–H and O–H groups in total. The van der Waals surface area contributed by atoms with Crippen molar-refractivity contribution in [3.05, 3.63) is 23.0 Å². The van der Waals surface area contributed by atoms with E-state index in [0.717, 1.165) is 18.8 Å². The molecule has 1 saturated heterocycles. The number of hydrogen-bond donors (Lipinski definition) is 2. The smallest absolute Gasteiger partial charge is 0.254 e. The van der Waals surface area contributed by atoms with Crippen LogP contribution in [0.3, 0.4) is 0 Å². The number of pyridine rings is 1. The predicted octanol–water partition coefficient (Wildman–Crippen LogP) is 0.148. The highest BCUT2D eigenvalue weighted by molar-refractivity contribution is 5.96. The SMILES string of the molecule is Cc1cc(OC2CNC2)c(C(N)=O)c(C)n1. The summed E-state index contributed by atoms with van der Waals surface area (Å²) in [5, 5.41) is 3.10. The number of rotatable bonds is 3. The number of nitrogens with one attached hydrogen (secondary N) is 1. The van der Waals surface area contributed by atoms with Crippen LogP contribution in [0.15, 0.2) is 6.07 Å². The van der Waals surface area contributed by atoms with Crippen LogP contribution in [0, 0.1) is 13.8 Å². The second-order valence-electron chi connectivity index (χ2n) is 3.98. The summed E-state index contributed by atoms with van der Waals surface area (Å²) >= 11 is 0. The molecule has 2 rings (SSSR count). The van der Waals surface area contributed by atoms with Crippen LogP contribution in [-0.4, -0.2) is 30.1 Å². The number of primary amides is 1. The van der Waals surface area contributed by atoms with Crippen LogP contribution in [0.4, 0.5) is 0 Å². The van der Waals surface area contributed by atoms with Gasteiger partial charge >= 0.3 is 0 Å². The molecule has 0 atom stereocenters. The van der Waals surface area contributed by atoms with Gasteiger partial charge in [-0.05, 0) is 13.8 Å². The summed E-state index contributed by atoms with van der Waals surface area (Å²) in [5.41, 5.74) is 7.16. The molecule has 5 heteroatoms. The normalized spacial score (nSPS) is 15.6. The van der Waals surface area contributed by atoms with Crippen molar-refractivity contribution in [2.45, 2.75) is 20.0 Å². The van der Waals surface area contributed by atoms with Crippen LogP contribution in [-0.2, 0) is 0 Å². The highest BCUT2D eigenvalue weighted by Crippen LogP contribution is 2.23. The average Bonchev–Trinajstić information content (AvgIpc) is 2.09. The van der Waals surface area contributed by atoms with Gasteiger partial charge in [-0.25, -0.2) is 0 Å². The van der Waals surface area contributed by atoms with Gasteiger partial charge < -0.3 is 15.8 Å². The van der Waals surface area contributed by atoms with Crippen molar-refractivity contribution >= 4 is 5.91 Å². The van der Waals surface area contributed by atoms with Crippen LogP contribution in [0.25, 0.3) is 0 Å². The molecule has 1 aromatic heterocycles. The molecule has 86 valence electrons. The zero-order valence-corrected chi connectivity index (χ0v) is 9.41. The molecule has 1 aliphatic heterocycles. The molecule has 0 aromatic carbocycles. The van der Waals surface area contributed by atoms with E-state index in [1.165, 1.54) is 0 Å². The van der Waals surface area contributed by atoms with Crippen molar-refractivity contribution in [1.29, 1.82) is 0 Å².